The van der Waals surface area contributed by atoms with Crippen molar-refractivity contribution in [1.29, 1.82) is 0 Å². The summed E-state index contributed by atoms with van der Waals surface area (Å²) in [7, 11) is 1.96. The molecule has 0 spiro atoms. The zero-order valence-corrected chi connectivity index (χ0v) is 13.2. The summed E-state index contributed by atoms with van der Waals surface area (Å²) in [6.07, 6.45) is 0. The highest BCUT2D eigenvalue weighted by Gasteiger charge is 2.10. The van der Waals surface area contributed by atoms with E-state index in [1.807, 2.05) is 29.8 Å². The number of alkyl halides is 1. The van der Waals surface area contributed by atoms with E-state index in [0.717, 1.165) is 26.2 Å². The SMILES string of the molecule is Cn1c(CBr)nnc1-c1cc(Br)cc(Br)c1. The summed E-state index contributed by atoms with van der Waals surface area (Å²) in [5.41, 5.74) is 1.03. The van der Waals surface area contributed by atoms with Gasteiger partial charge in [0, 0.05) is 21.6 Å². The summed E-state index contributed by atoms with van der Waals surface area (Å²) in [6, 6.07) is 6.03. The first-order valence-corrected chi connectivity index (χ1v) is 7.23. The Morgan fingerprint density at radius 3 is 2.25 bits per heavy atom. The number of aromatic nitrogens is 3. The van der Waals surface area contributed by atoms with Crippen molar-refractivity contribution in [2.75, 3.05) is 0 Å². The van der Waals surface area contributed by atoms with Crippen molar-refractivity contribution in [2.24, 2.45) is 7.05 Å². The summed E-state index contributed by atoms with van der Waals surface area (Å²) in [4.78, 5) is 0. The lowest BCUT2D eigenvalue weighted by molar-refractivity contribution is 0.859. The van der Waals surface area contributed by atoms with Crippen LogP contribution in [0.3, 0.4) is 0 Å². The lowest BCUT2D eigenvalue weighted by atomic mass is 10.2. The van der Waals surface area contributed by atoms with Crippen LogP contribution >= 0.6 is 47.8 Å². The van der Waals surface area contributed by atoms with Gasteiger partial charge < -0.3 is 4.57 Å². The third-order valence-electron chi connectivity index (χ3n) is 2.21. The van der Waals surface area contributed by atoms with Crippen molar-refractivity contribution in [1.82, 2.24) is 14.8 Å². The van der Waals surface area contributed by atoms with E-state index in [-0.39, 0.29) is 0 Å². The Balaban J connectivity index is 2.54. The van der Waals surface area contributed by atoms with E-state index in [2.05, 4.69) is 58.0 Å². The smallest absolute Gasteiger partial charge is 0.163 e. The van der Waals surface area contributed by atoms with Gasteiger partial charge in [-0.15, -0.1) is 10.2 Å². The molecule has 16 heavy (non-hydrogen) atoms. The fourth-order valence-corrected chi connectivity index (χ4v) is 3.19. The van der Waals surface area contributed by atoms with Gasteiger partial charge in [-0.05, 0) is 18.2 Å². The first kappa shape index (κ1) is 12.3. The minimum absolute atomic E-state index is 0.700. The average molecular weight is 410 g/mol. The van der Waals surface area contributed by atoms with Crippen LogP contribution in [-0.2, 0) is 12.4 Å². The summed E-state index contributed by atoms with van der Waals surface area (Å²) in [5, 5.41) is 8.99. The molecule has 0 aliphatic rings. The zero-order chi connectivity index (χ0) is 11.7. The Bertz CT molecular complexity index is 502. The zero-order valence-electron chi connectivity index (χ0n) is 8.41. The number of hydrogen-bond donors (Lipinski definition) is 0. The molecule has 6 heteroatoms. The van der Waals surface area contributed by atoms with Gasteiger partial charge >= 0.3 is 0 Å². The minimum atomic E-state index is 0.700. The van der Waals surface area contributed by atoms with Crippen LogP contribution in [0, 0.1) is 0 Å². The molecule has 0 aliphatic heterocycles. The van der Waals surface area contributed by atoms with E-state index >= 15 is 0 Å². The van der Waals surface area contributed by atoms with Gasteiger partial charge in [0.05, 0.1) is 5.33 Å². The summed E-state index contributed by atoms with van der Waals surface area (Å²) in [5.74, 6) is 1.77. The molecule has 3 nitrogen and oxygen atoms in total. The molecule has 1 heterocycles. The van der Waals surface area contributed by atoms with Crippen LogP contribution in [0.5, 0.6) is 0 Å². The molecule has 0 radical (unpaired) electrons. The molecule has 0 N–H and O–H groups in total. The highest BCUT2D eigenvalue weighted by molar-refractivity contribution is 9.11. The Labute approximate surface area is 119 Å². The standard InChI is InChI=1S/C10H8Br3N3/c1-16-9(5-11)14-15-10(16)6-2-7(12)4-8(13)3-6/h2-4H,5H2,1H3. The number of benzene rings is 1. The molecule has 0 atom stereocenters. The minimum Gasteiger partial charge on any atom is -0.313 e. The van der Waals surface area contributed by atoms with Crippen LogP contribution in [0.15, 0.2) is 27.1 Å². The molecular weight excluding hydrogens is 402 g/mol. The maximum absolute atomic E-state index is 4.18. The average Bonchev–Trinajstić information content (AvgIpc) is 2.58. The van der Waals surface area contributed by atoms with Gasteiger partial charge in [-0.1, -0.05) is 47.8 Å². The van der Waals surface area contributed by atoms with E-state index in [4.69, 9.17) is 0 Å². The third-order valence-corrected chi connectivity index (χ3v) is 3.62. The molecule has 0 saturated heterocycles. The topological polar surface area (TPSA) is 30.7 Å². The summed E-state index contributed by atoms with van der Waals surface area (Å²) in [6.45, 7) is 0. The number of nitrogens with zero attached hydrogens (tertiary/aromatic N) is 3. The summed E-state index contributed by atoms with van der Waals surface area (Å²) < 4.78 is 4.00. The van der Waals surface area contributed by atoms with Gasteiger partial charge in [-0.25, -0.2) is 0 Å². The van der Waals surface area contributed by atoms with Crippen molar-refractivity contribution in [3.05, 3.63) is 33.0 Å². The molecule has 1 aromatic carbocycles. The predicted octanol–water partition coefficient (Wildman–Crippen LogP) is 3.90. The fraction of sp³-hybridized carbons (Fsp3) is 0.200. The first-order chi connectivity index (χ1) is 7.61. The van der Waals surface area contributed by atoms with Gasteiger partial charge in [0.2, 0.25) is 0 Å². The van der Waals surface area contributed by atoms with Gasteiger partial charge in [-0.3, -0.25) is 0 Å². The van der Waals surface area contributed by atoms with E-state index in [0.29, 0.717) is 5.33 Å². The molecule has 0 bridgehead atoms. The van der Waals surface area contributed by atoms with Gasteiger partial charge in [-0.2, -0.15) is 0 Å². The Morgan fingerprint density at radius 2 is 1.75 bits per heavy atom. The molecule has 2 aromatic rings. The van der Waals surface area contributed by atoms with Gasteiger partial charge in [0.15, 0.2) is 5.82 Å². The molecule has 1 aromatic heterocycles. The number of hydrogen-bond acceptors (Lipinski definition) is 2. The lowest BCUT2D eigenvalue weighted by Crippen LogP contribution is -1.97. The number of halogens is 3. The van der Waals surface area contributed by atoms with Crippen LogP contribution in [0.25, 0.3) is 11.4 Å². The first-order valence-electron chi connectivity index (χ1n) is 4.52. The third kappa shape index (κ3) is 2.38. The molecule has 2 rings (SSSR count). The monoisotopic (exact) mass is 407 g/mol. The van der Waals surface area contributed by atoms with Crippen LogP contribution in [0.2, 0.25) is 0 Å². The second kappa shape index (κ2) is 4.98. The largest absolute Gasteiger partial charge is 0.313 e. The van der Waals surface area contributed by atoms with Gasteiger partial charge in [0.1, 0.15) is 5.82 Å². The Kier molecular flexibility index (Phi) is 3.81. The van der Waals surface area contributed by atoms with Gasteiger partial charge in [0.25, 0.3) is 0 Å². The van der Waals surface area contributed by atoms with Crippen LogP contribution in [-0.4, -0.2) is 14.8 Å². The number of rotatable bonds is 2. The fourth-order valence-electron chi connectivity index (χ4n) is 1.41. The van der Waals surface area contributed by atoms with Crippen LogP contribution in [0.1, 0.15) is 5.82 Å². The molecular formula is C10H8Br3N3. The van der Waals surface area contributed by atoms with E-state index in [9.17, 15) is 0 Å². The summed E-state index contributed by atoms with van der Waals surface area (Å²) >= 11 is 10.3. The molecule has 0 unspecified atom stereocenters. The van der Waals surface area contributed by atoms with Crippen LogP contribution in [0.4, 0.5) is 0 Å². The van der Waals surface area contributed by atoms with Crippen molar-refractivity contribution < 1.29 is 0 Å². The van der Waals surface area contributed by atoms with E-state index in [1.54, 1.807) is 0 Å². The van der Waals surface area contributed by atoms with Crippen molar-refractivity contribution in [2.45, 2.75) is 5.33 Å². The second-order valence-electron chi connectivity index (χ2n) is 3.29. The maximum atomic E-state index is 4.18. The highest BCUT2D eigenvalue weighted by Crippen LogP contribution is 2.26. The molecule has 0 saturated carbocycles. The molecule has 0 aliphatic carbocycles. The quantitative estimate of drug-likeness (QED) is 0.704. The molecule has 0 amide bonds. The van der Waals surface area contributed by atoms with Crippen molar-refractivity contribution >= 4 is 47.8 Å². The van der Waals surface area contributed by atoms with Crippen LogP contribution < -0.4 is 0 Å². The van der Waals surface area contributed by atoms with Crippen molar-refractivity contribution in [3.63, 3.8) is 0 Å². The second-order valence-corrected chi connectivity index (χ2v) is 5.68. The predicted molar refractivity (Wildman–Crippen MR) is 74.5 cm³/mol. The molecule has 0 fully saturated rings. The highest BCUT2D eigenvalue weighted by atomic mass is 79.9. The Hall–Kier alpha value is -0.200. The van der Waals surface area contributed by atoms with E-state index < -0.39 is 0 Å². The maximum Gasteiger partial charge on any atom is 0.163 e. The van der Waals surface area contributed by atoms with Crippen molar-refractivity contribution in [3.8, 4) is 11.4 Å². The Morgan fingerprint density at radius 1 is 1.12 bits per heavy atom. The lowest BCUT2D eigenvalue weighted by Gasteiger charge is -2.03. The molecule has 84 valence electrons. The normalized spacial score (nSPS) is 10.8. The van der Waals surface area contributed by atoms with E-state index in [1.165, 1.54) is 0 Å².